The molecule has 0 saturated carbocycles. The van der Waals surface area contributed by atoms with Crippen molar-refractivity contribution in [2.75, 3.05) is 10.2 Å². The minimum Gasteiger partial charge on any atom is -0.434 e. The van der Waals surface area contributed by atoms with Crippen LogP contribution in [0, 0.1) is 13.8 Å². The lowest BCUT2D eigenvalue weighted by molar-refractivity contribution is -0.0505. The summed E-state index contributed by atoms with van der Waals surface area (Å²) in [5.74, 6) is 1.72. The molecule has 0 spiro atoms. The van der Waals surface area contributed by atoms with E-state index in [1.165, 1.54) is 0 Å². The number of ether oxygens (including phenoxy) is 1. The van der Waals surface area contributed by atoms with Crippen LogP contribution in [-0.4, -0.2) is 28.1 Å². The van der Waals surface area contributed by atoms with Gasteiger partial charge in [0.2, 0.25) is 0 Å². The number of fused-ring (bicyclic) bond motifs is 4. The van der Waals surface area contributed by atoms with Gasteiger partial charge in [0, 0.05) is 21.3 Å². The van der Waals surface area contributed by atoms with E-state index >= 15 is 0 Å². The summed E-state index contributed by atoms with van der Waals surface area (Å²) in [7, 11) is 0. The summed E-state index contributed by atoms with van der Waals surface area (Å²) in [6.07, 6.45) is 0. The SMILES string of the molecule is Cc1ccccc1-n1nc(C)c2c1N=C1C(Nc3ccc(Br)cc3)=Nc3ccccc3N1[C@@H]2c1ccccc1OC(F)F. The molecule has 0 bridgehead atoms. The summed E-state index contributed by atoms with van der Waals surface area (Å²) in [6, 6.07) is 29.7. The fraction of sp³-hybridized carbons (Fsp3) is 0.121. The molecule has 7 rings (SSSR count). The van der Waals surface area contributed by atoms with Gasteiger partial charge >= 0.3 is 6.61 Å². The van der Waals surface area contributed by atoms with Gasteiger partial charge in [0.15, 0.2) is 17.5 Å². The normalized spacial score (nSPS) is 15.3. The average molecular weight is 640 g/mol. The van der Waals surface area contributed by atoms with E-state index < -0.39 is 12.7 Å². The third-order valence-electron chi connectivity index (χ3n) is 7.52. The minimum absolute atomic E-state index is 0.0835. The molecule has 2 aliphatic rings. The number of amidine groups is 2. The van der Waals surface area contributed by atoms with Crippen molar-refractivity contribution in [3.05, 3.63) is 124 Å². The third kappa shape index (κ3) is 4.77. The summed E-state index contributed by atoms with van der Waals surface area (Å²) in [4.78, 5) is 12.2. The van der Waals surface area contributed by atoms with Crippen LogP contribution in [-0.2, 0) is 0 Å². The van der Waals surface area contributed by atoms with Gasteiger partial charge in [-0.15, -0.1) is 0 Å². The number of para-hydroxylation sites is 4. The second-order valence-corrected chi connectivity index (χ2v) is 11.1. The van der Waals surface area contributed by atoms with E-state index in [-0.39, 0.29) is 5.75 Å². The molecule has 0 unspecified atom stereocenters. The summed E-state index contributed by atoms with van der Waals surface area (Å²) < 4.78 is 35.3. The molecule has 0 amide bonds. The van der Waals surface area contributed by atoms with Gasteiger partial charge in [0.25, 0.3) is 0 Å². The van der Waals surface area contributed by atoms with Gasteiger partial charge in [-0.25, -0.2) is 14.7 Å². The third-order valence-corrected chi connectivity index (χ3v) is 8.05. The van der Waals surface area contributed by atoms with Crippen molar-refractivity contribution in [2.24, 2.45) is 9.98 Å². The van der Waals surface area contributed by atoms with Crippen LogP contribution < -0.4 is 15.0 Å². The molecule has 5 aromatic rings. The maximum absolute atomic E-state index is 13.7. The highest BCUT2D eigenvalue weighted by molar-refractivity contribution is 9.10. The van der Waals surface area contributed by atoms with Crippen molar-refractivity contribution in [3.8, 4) is 11.4 Å². The monoisotopic (exact) mass is 638 g/mol. The summed E-state index contributed by atoms with van der Waals surface area (Å²) in [5.41, 5.74) is 6.27. The number of rotatable bonds is 5. The molecule has 2 aliphatic heterocycles. The Morgan fingerprint density at radius 1 is 0.837 bits per heavy atom. The lowest BCUT2D eigenvalue weighted by Crippen LogP contribution is -2.46. The summed E-state index contributed by atoms with van der Waals surface area (Å²) in [6.45, 7) is 0.948. The lowest BCUT2D eigenvalue weighted by Gasteiger charge is -2.41. The first-order chi connectivity index (χ1) is 20.9. The molecule has 1 atom stereocenters. The number of hydrogen-bond donors (Lipinski definition) is 1. The first-order valence-electron chi connectivity index (χ1n) is 13.7. The van der Waals surface area contributed by atoms with Crippen molar-refractivity contribution in [2.45, 2.75) is 26.5 Å². The number of nitrogens with zero attached hydrogens (tertiary/aromatic N) is 5. The van der Waals surface area contributed by atoms with Crippen molar-refractivity contribution in [3.63, 3.8) is 0 Å². The van der Waals surface area contributed by atoms with Crippen molar-refractivity contribution < 1.29 is 13.5 Å². The van der Waals surface area contributed by atoms with Gasteiger partial charge in [-0.3, -0.25) is 0 Å². The Morgan fingerprint density at radius 3 is 2.30 bits per heavy atom. The van der Waals surface area contributed by atoms with E-state index in [1.807, 2.05) is 108 Å². The smallest absolute Gasteiger partial charge is 0.387 e. The Bertz CT molecular complexity index is 1920. The average Bonchev–Trinajstić information content (AvgIpc) is 3.33. The molecule has 0 aliphatic carbocycles. The molecule has 1 aromatic heterocycles. The van der Waals surface area contributed by atoms with Gasteiger partial charge in [-0.2, -0.15) is 13.9 Å². The Kier molecular flexibility index (Phi) is 6.78. The predicted molar refractivity (Wildman–Crippen MR) is 169 cm³/mol. The fourth-order valence-electron chi connectivity index (χ4n) is 5.64. The van der Waals surface area contributed by atoms with Crippen molar-refractivity contribution >= 4 is 50.5 Å². The zero-order valence-electron chi connectivity index (χ0n) is 23.2. The maximum Gasteiger partial charge on any atom is 0.387 e. The van der Waals surface area contributed by atoms with Crippen LogP contribution in [0.1, 0.15) is 28.4 Å². The maximum atomic E-state index is 13.7. The van der Waals surface area contributed by atoms with Crippen LogP contribution in [0.5, 0.6) is 5.75 Å². The van der Waals surface area contributed by atoms with Gasteiger partial charge in [0.05, 0.1) is 28.8 Å². The standard InChI is InChI=1S/C33H25BrF2N6O/c1-19-9-3-6-12-25(19)42-31-28(20(2)40-42)29(23-10-4-8-14-27(23)43-33(35)36)41-26-13-7-5-11-24(26)38-30(32(41)39-31)37-22-17-15-21(34)16-18-22/h3-18,29,33H,1-2H3,(H,37,38)/t29-/m1/s1. The van der Waals surface area contributed by atoms with E-state index in [0.717, 1.165) is 38.4 Å². The quantitative estimate of drug-likeness (QED) is 0.209. The number of benzene rings is 4. The molecule has 1 N–H and O–H groups in total. The Balaban J connectivity index is 1.51. The fourth-order valence-corrected chi connectivity index (χ4v) is 5.90. The first kappa shape index (κ1) is 27.0. The number of aliphatic imine (C=N–C) groups is 2. The van der Waals surface area contributed by atoms with E-state index in [9.17, 15) is 8.78 Å². The van der Waals surface area contributed by atoms with Crippen LogP contribution in [0.15, 0.2) is 112 Å². The van der Waals surface area contributed by atoms with Gasteiger partial charge in [-0.05, 0) is 67.9 Å². The van der Waals surface area contributed by atoms with Crippen molar-refractivity contribution in [1.82, 2.24) is 9.78 Å². The van der Waals surface area contributed by atoms with E-state index in [4.69, 9.17) is 19.8 Å². The molecule has 3 heterocycles. The molecule has 0 radical (unpaired) electrons. The molecule has 214 valence electrons. The Labute approximate surface area is 255 Å². The molecule has 7 nitrogen and oxygen atoms in total. The molecule has 0 fully saturated rings. The van der Waals surface area contributed by atoms with E-state index in [0.29, 0.717) is 28.7 Å². The molecular formula is C33H25BrF2N6O. The largest absolute Gasteiger partial charge is 0.434 e. The van der Waals surface area contributed by atoms with Crippen LogP contribution in [0.4, 0.5) is 31.7 Å². The summed E-state index contributed by atoms with van der Waals surface area (Å²) >= 11 is 3.50. The number of anilines is 2. The van der Waals surface area contributed by atoms with Crippen molar-refractivity contribution in [1.29, 1.82) is 0 Å². The minimum atomic E-state index is -2.99. The molecule has 43 heavy (non-hydrogen) atoms. The second kappa shape index (κ2) is 10.8. The molecule has 10 heteroatoms. The lowest BCUT2D eigenvalue weighted by atomic mass is 9.92. The first-order valence-corrected chi connectivity index (χ1v) is 14.5. The highest BCUT2D eigenvalue weighted by Gasteiger charge is 2.42. The van der Waals surface area contributed by atoms with Crippen LogP contribution in [0.2, 0.25) is 0 Å². The van der Waals surface area contributed by atoms with E-state index in [2.05, 4.69) is 21.2 Å². The molecule has 4 aromatic carbocycles. The molecule has 0 saturated heterocycles. The van der Waals surface area contributed by atoms with Gasteiger partial charge in [0.1, 0.15) is 5.75 Å². The number of halogens is 3. The zero-order valence-corrected chi connectivity index (χ0v) is 24.8. The number of aromatic nitrogens is 2. The summed E-state index contributed by atoms with van der Waals surface area (Å²) in [5, 5.41) is 8.40. The number of hydrogen-bond acceptors (Lipinski definition) is 6. The number of aryl methyl sites for hydroxylation is 2. The van der Waals surface area contributed by atoms with Gasteiger partial charge in [-0.1, -0.05) is 64.5 Å². The Hall–Kier alpha value is -4.83. The second-order valence-electron chi connectivity index (χ2n) is 10.2. The van der Waals surface area contributed by atoms with Gasteiger partial charge < -0.3 is 15.0 Å². The molecular weight excluding hydrogens is 614 g/mol. The van der Waals surface area contributed by atoms with Crippen LogP contribution in [0.25, 0.3) is 5.69 Å². The Morgan fingerprint density at radius 2 is 1.53 bits per heavy atom. The predicted octanol–water partition coefficient (Wildman–Crippen LogP) is 8.65. The zero-order chi connectivity index (χ0) is 29.7. The highest BCUT2D eigenvalue weighted by atomic mass is 79.9. The van der Waals surface area contributed by atoms with Crippen LogP contribution in [0.3, 0.4) is 0 Å². The number of nitrogens with one attached hydrogen (secondary N) is 1. The van der Waals surface area contributed by atoms with Crippen LogP contribution >= 0.6 is 15.9 Å². The number of alkyl halides is 2. The van der Waals surface area contributed by atoms with E-state index in [1.54, 1.807) is 12.1 Å². The highest BCUT2D eigenvalue weighted by Crippen LogP contribution is 2.50. The topological polar surface area (TPSA) is 67.0 Å².